The SMILES string of the molecule is CCCC[C@H]1C(=O)N(C)[C@@H](CCCC)C(=O)N[C@@H](CC(C)C)C(=O)N[C@H](C(N)=O)CSCC(=O)N[C@@H](Cc2ccc(O)cc2)C(=O)N(C)[C@@H](C)C(=O)N[C@@H](CC(N)=O)C(=O)N2CCC[C@H]2C(=O)N[C@@H](CN)C(=O)N[C@@H](CC(C)C)C(=O)N2C[C@H](O)C[C@H]2C(=O)N[C@@H](Cc2c[nH]c3ccccc23)C(=O)N[C@@H](CCC(=O)O)C(=O)N[C@@H](Cc2cn(CC(=O)O)c3ccccc23)C(=O)N1C. The third-order valence-corrected chi connectivity index (χ3v) is 24.9. The zero-order valence-corrected chi connectivity index (χ0v) is 76.9. The number of nitrogens with zero attached hydrogens (tertiary/aromatic N) is 6. The van der Waals surface area contributed by atoms with Gasteiger partial charge in [0, 0.05) is 113 Å². The van der Waals surface area contributed by atoms with Crippen molar-refractivity contribution in [1.29, 1.82) is 0 Å². The molecule has 15 atom stereocenters. The Balaban J connectivity index is 1.20. The number of likely N-dealkylation sites (N-methyl/N-ethyl adjacent to an activating group) is 3. The molecule has 132 heavy (non-hydrogen) atoms. The highest BCUT2D eigenvalue weighted by Crippen LogP contribution is 2.29. The summed E-state index contributed by atoms with van der Waals surface area (Å²) < 4.78 is 1.41. The van der Waals surface area contributed by atoms with Crippen LogP contribution >= 0.6 is 11.8 Å². The van der Waals surface area contributed by atoms with Gasteiger partial charge in [-0.25, -0.2) is 0 Å². The quantitative estimate of drug-likeness (QED) is 0.0339. The molecule has 720 valence electrons. The third-order valence-electron chi connectivity index (χ3n) is 23.9. The molecule has 3 fully saturated rings. The molecule has 8 rings (SSSR count). The number of aliphatic hydroxyl groups is 1. The predicted octanol–water partition coefficient (Wildman–Crippen LogP) is -0.839. The second-order valence-corrected chi connectivity index (χ2v) is 35.9. The lowest BCUT2D eigenvalue weighted by Gasteiger charge is -2.36. The largest absolute Gasteiger partial charge is 0.508 e. The molecule has 0 unspecified atom stereocenters. The molecular formula is C90H127N19O22S. The first-order valence-corrected chi connectivity index (χ1v) is 45.7. The average molecular weight is 1860 g/mol. The van der Waals surface area contributed by atoms with Gasteiger partial charge in [0.2, 0.25) is 94.5 Å². The molecule has 5 heterocycles. The van der Waals surface area contributed by atoms with E-state index in [1.54, 1.807) is 82.4 Å². The Hall–Kier alpha value is -12.7. The molecule has 16 amide bonds. The van der Waals surface area contributed by atoms with E-state index >= 15 is 33.6 Å². The number of carbonyl (C=O) groups excluding carboxylic acids is 16. The topological polar surface area (TPSA) is 611 Å². The third kappa shape index (κ3) is 28.6. The zero-order valence-electron chi connectivity index (χ0n) is 76.1. The number of carbonyl (C=O) groups is 18. The number of hydrogen-bond acceptors (Lipinski definition) is 22. The smallest absolute Gasteiger partial charge is 0.323 e. The van der Waals surface area contributed by atoms with Gasteiger partial charge in [0.25, 0.3) is 0 Å². The maximum absolute atomic E-state index is 15.9. The highest BCUT2D eigenvalue weighted by Gasteiger charge is 2.47. The standard InChI is InChI=1S/C90H127N19O22S/c1-11-13-23-69-83(124)97-60(34-48(3)4)80(121)103-67(77(93)118)46-132-47-74(113)95-63(36-51-27-29-54(110)30-28-51)86(127)104(8)50(7)78(119)99-65(40-73(92)112)88(129)108-33-19-26-70(108)84(125)102-66(41-91)82(123)100-62(35-49(5)6)89(130)109-44-55(111)39-72(109)85(126)98-61(37-52-42-94-58-22-17-15-20-56(52)58)81(122)96-59(31-32-75(114)115)79(120)101-64(87(128)106(10)71(24-14-12-2)90(131)105(69)9)38-53-43-107(45-76(116)117)68-25-18-16-21-57(53)68/h15-18,20-22,25,27-30,42-43,48-50,55,59-67,69-72,94,110-111H,11-14,19,23-24,26,31-41,44-47,91H2,1-10H3,(H2,92,112)(H2,93,118)(H,95,113)(H,96,122)(H,97,124)(H,98,126)(H,99,119)(H,100,123)(H,101,120)(H,102,125)(H,103,121)(H,114,115)(H,116,117)/t50-,55+,59-,60-,61-,62-,63-,64-,65-,66-,67-,69-,70-,71-,72-/m0/s1. The van der Waals surface area contributed by atoms with Gasteiger partial charge in [-0.15, -0.1) is 11.8 Å². The Bertz CT molecular complexity index is 5000. The van der Waals surface area contributed by atoms with Crippen molar-refractivity contribution in [2.45, 2.75) is 255 Å². The monoisotopic (exact) mass is 1860 g/mol. The number of H-pyrrole nitrogens is 1. The van der Waals surface area contributed by atoms with Crippen LogP contribution in [0.25, 0.3) is 21.8 Å². The van der Waals surface area contributed by atoms with Gasteiger partial charge in [-0.1, -0.05) is 116 Å². The van der Waals surface area contributed by atoms with Crippen LogP contribution < -0.4 is 65.1 Å². The van der Waals surface area contributed by atoms with Crippen LogP contribution in [0.4, 0.5) is 0 Å². The van der Waals surface area contributed by atoms with Crippen molar-refractivity contribution in [3.8, 4) is 5.75 Å². The number of para-hydroxylation sites is 2. The Kier molecular flexibility index (Phi) is 38.8. The summed E-state index contributed by atoms with van der Waals surface area (Å²) >= 11 is 0.813. The molecule has 0 radical (unpaired) electrons. The number of primary amides is 2. The number of thioether (sulfide) groups is 1. The highest BCUT2D eigenvalue weighted by molar-refractivity contribution is 8.00. The van der Waals surface area contributed by atoms with E-state index in [1.807, 2.05) is 13.8 Å². The number of aliphatic hydroxyl groups excluding tert-OH is 1. The van der Waals surface area contributed by atoms with Crippen LogP contribution in [0.2, 0.25) is 0 Å². The molecule has 3 saturated heterocycles. The molecule has 20 N–H and O–H groups in total. The van der Waals surface area contributed by atoms with Crippen molar-refractivity contribution in [2.24, 2.45) is 29.0 Å². The number of amides is 16. The number of benzene rings is 3. The fraction of sp³-hybridized carbons (Fsp3) is 0.556. The summed E-state index contributed by atoms with van der Waals surface area (Å²) in [5.41, 5.74) is 19.9. The van der Waals surface area contributed by atoms with Crippen molar-refractivity contribution >= 4 is 140 Å². The summed E-state index contributed by atoms with van der Waals surface area (Å²) in [6.07, 6.45) is -0.534. The molecule has 3 aliphatic heterocycles. The number of nitrogens with two attached hydrogens (primary N) is 3. The number of phenolic OH excluding ortho intramolecular Hbond substituents is 1. The number of aromatic amines is 1. The van der Waals surface area contributed by atoms with E-state index in [4.69, 9.17) is 17.2 Å². The van der Waals surface area contributed by atoms with Crippen LogP contribution in [0.1, 0.15) is 155 Å². The van der Waals surface area contributed by atoms with Gasteiger partial charge in [0.15, 0.2) is 0 Å². The van der Waals surface area contributed by atoms with Gasteiger partial charge in [-0.05, 0) is 105 Å². The molecule has 41 nitrogen and oxygen atoms in total. The molecule has 5 aromatic rings. The number of unbranched alkanes of at least 4 members (excludes halogenated alkanes) is 2. The Morgan fingerprint density at radius 2 is 1.07 bits per heavy atom. The number of carboxylic acid groups (broad SMARTS) is 2. The minimum Gasteiger partial charge on any atom is -0.508 e. The molecule has 0 spiro atoms. The molecular weight excluding hydrogens is 1730 g/mol. The average Bonchev–Trinajstić information content (AvgIpc) is 1.63. The first-order chi connectivity index (χ1) is 62.5. The van der Waals surface area contributed by atoms with Crippen molar-refractivity contribution in [1.82, 2.24) is 81.9 Å². The first-order valence-electron chi connectivity index (χ1n) is 44.5. The summed E-state index contributed by atoms with van der Waals surface area (Å²) in [5, 5.41) is 66.8. The molecule has 0 saturated carbocycles. The van der Waals surface area contributed by atoms with E-state index in [0.29, 0.717) is 64.2 Å². The molecule has 42 heteroatoms. The minimum absolute atomic E-state index is 0.00345. The van der Waals surface area contributed by atoms with Gasteiger partial charge in [0.05, 0.1) is 18.3 Å². The van der Waals surface area contributed by atoms with Crippen LogP contribution in [0.3, 0.4) is 0 Å². The fourth-order valence-corrected chi connectivity index (χ4v) is 17.5. The van der Waals surface area contributed by atoms with Crippen LogP contribution in [-0.2, 0) is 112 Å². The fourth-order valence-electron chi connectivity index (χ4n) is 16.6. The van der Waals surface area contributed by atoms with Crippen LogP contribution in [0.15, 0.2) is 85.2 Å². The number of nitrogens with one attached hydrogen (secondary N) is 10. The van der Waals surface area contributed by atoms with Gasteiger partial charge in [0.1, 0.15) is 96.9 Å². The molecule has 3 aromatic carbocycles. The van der Waals surface area contributed by atoms with Gasteiger partial charge in [-0.2, -0.15) is 0 Å². The van der Waals surface area contributed by atoms with E-state index in [-0.39, 0.29) is 81.2 Å². The number of rotatable bonds is 25. The number of fused-ring (bicyclic) bond motifs is 4. The second kappa shape index (κ2) is 49.0. The Morgan fingerprint density at radius 3 is 1.70 bits per heavy atom. The van der Waals surface area contributed by atoms with Crippen molar-refractivity contribution in [3.05, 3.63) is 102 Å². The summed E-state index contributed by atoms with van der Waals surface area (Å²) in [5.74, 6) is -19.7. The summed E-state index contributed by atoms with van der Waals surface area (Å²) in [6.45, 7) is 10.1. The Labute approximate surface area is 768 Å². The summed E-state index contributed by atoms with van der Waals surface area (Å²) in [7, 11) is 3.87. The lowest BCUT2D eigenvalue weighted by atomic mass is 9.99. The predicted molar refractivity (Wildman–Crippen MR) is 485 cm³/mol. The van der Waals surface area contributed by atoms with Crippen molar-refractivity contribution < 1.29 is 107 Å². The van der Waals surface area contributed by atoms with Gasteiger partial charge in [-0.3, -0.25) is 86.3 Å². The van der Waals surface area contributed by atoms with Crippen molar-refractivity contribution in [2.75, 3.05) is 52.3 Å². The highest BCUT2D eigenvalue weighted by atomic mass is 32.2. The maximum atomic E-state index is 15.9. The lowest BCUT2D eigenvalue weighted by molar-refractivity contribution is -0.149. The van der Waals surface area contributed by atoms with E-state index in [1.165, 1.54) is 63.1 Å². The van der Waals surface area contributed by atoms with Crippen LogP contribution in [0, 0.1) is 11.8 Å². The number of phenols is 1. The molecule has 0 aliphatic carbocycles. The van der Waals surface area contributed by atoms with Crippen LogP contribution in [0.5, 0.6) is 5.75 Å². The number of aromatic nitrogens is 2. The minimum atomic E-state index is -1.87. The van der Waals surface area contributed by atoms with E-state index in [2.05, 4.69) is 52.8 Å². The van der Waals surface area contributed by atoms with E-state index in [9.17, 15) is 73.2 Å². The number of hydrogen-bond donors (Lipinski definition) is 17. The van der Waals surface area contributed by atoms with Gasteiger partial charge < -0.3 is 120 Å². The normalized spacial score (nSPS) is 25.2. The Morgan fingerprint density at radius 1 is 0.530 bits per heavy atom. The zero-order chi connectivity index (χ0) is 97.2. The van der Waals surface area contributed by atoms with Crippen LogP contribution in [-0.4, -0.2) is 304 Å². The molecule has 0 bridgehead atoms. The van der Waals surface area contributed by atoms with E-state index < -0.39 is 255 Å². The summed E-state index contributed by atoms with van der Waals surface area (Å²) in [4.78, 5) is 269. The molecule has 3 aliphatic rings. The van der Waals surface area contributed by atoms with Crippen molar-refractivity contribution in [3.63, 3.8) is 0 Å². The van der Waals surface area contributed by atoms with Gasteiger partial charge >= 0.3 is 11.9 Å². The van der Waals surface area contributed by atoms with E-state index in [0.717, 1.165) is 36.3 Å². The number of carboxylic acids is 2. The second-order valence-electron chi connectivity index (χ2n) is 34.9. The first kappa shape index (κ1) is 105. The number of aromatic hydroxyl groups is 1. The molecule has 2 aromatic heterocycles. The lowest BCUT2D eigenvalue weighted by Crippen LogP contribution is -2.61. The number of aliphatic carboxylic acids is 2. The maximum Gasteiger partial charge on any atom is 0.323 e. The summed E-state index contributed by atoms with van der Waals surface area (Å²) in [6, 6.07) is -2.76.